The second kappa shape index (κ2) is 4.64. The molecule has 0 aliphatic carbocycles. The number of hydrogen-bond donors (Lipinski definition) is 1. The van der Waals surface area contributed by atoms with Crippen LogP contribution in [0.1, 0.15) is 5.56 Å². The molecule has 4 rings (SSSR count). The molecule has 3 aromatic carbocycles. The van der Waals surface area contributed by atoms with Crippen molar-refractivity contribution in [1.82, 2.24) is 4.57 Å². The van der Waals surface area contributed by atoms with Crippen LogP contribution in [0.3, 0.4) is 0 Å². The monoisotopic (exact) mass is 284 g/mol. The van der Waals surface area contributed by atoms with Crippen LogP contribution in [0.5, 0.6) is 5.75 Å². The van der Waals surface area contributed by atoms with Crippen LogP contribution in [0, 0.1) is 11.3 Å². The zero-order valence-corrected chi connectivity index (χ0v) is 11.7. The first-order valence-electron chi connectivity index (χ1n) is 7.01. The van der Waals surface area contributed by atoms with Crippen molar-refractivity contribution in [3.8, 4) is 17.5 Å². The van der Waals surface area contributed by atoms with Crippen molar-refractivity contribution in [3.05, 3.63) is 72.3 Å². The summed E-state index contributed by atoms with van der Waals surface area (Å²) in [7, 11) is 0. The third-order valence-electron chi connectivity index (χ3n) is 3.92. The van der Waals surface area contributed by atoms with Crippen molar-refractivity contribution in [2.24, 2.45) is 0 Å². The molecular weight excluding hydrogens is 272 g/mol. The predicted octanol–water partition coefficient (Wildman–Crippen LogP) is 4.36. The van der Waals surface area contributed by atoms with Crippen molar-refractivity contribution in [2.45, 2.75) is 0 Å². The lowest BCUT2D eigenvalue weighted by Gasteiger charge is -2.09. The maximum Gasteiger partial charge on any atom is 0.116 e. The van der Waals surface area contributed by atoms with Crippen LogP contribution >= 0.6 is 0 Å². The van der Waals surface area contributed by atoms with Crippen molar-refractivity contribution < 1.29 is 5.11 Å². The number of phenols is 1. The van der Waals surface area contributed by atoms with Gasteiger partial charge in [-0.05, 0) is 36.4 Å². The van der Waals surface area contributed by atoms with E-state index in [9.17, 15) is 10.4 Å². The van der Waals surface area contributed by atoms with E-state index in [1.807, 2.05) is 54.6 Å². The van der Waals surface area contributed by atoms with E-state index in [4.69, 9.17) is 0 Å². The fraction of sp³-hybridized carbons (Fsp3) is 0. The number of nitriles is 1. The standard InChI is InChI=1S/C19H12N2O/c20-12-13-5-1-3-7-17(13)21-18-8-4-2-6-15(18)16-11-14(22)9-10-19(16)21/h1-11,22H. The van der Waals surface area contributed by atoms with Gasteiger partial charge in [-0.2, -0.15) is 5.26 Å². The van der Waals surface area contributed by atoms with Gasteiger partial charge in [-0.25, -0.2) is 0 Å². The third-order valence-corrected chi connectivity index (χ3v) is 3.92. The second-order valence-electron chi connectivity index (χ2n) is 5.18. The Morgan fingerprint density at radius 3 is 2.41 bits per heavy atom. The van der Waals surface area contributed by atoms with Crippen molar-refractivity contribution >= 4 is 21.8 Å². The molecule has 0 spiro atoms. The molecule has 0 saturated carbocycles. The van der Waals surface area contributed by atoms with E-state index in [0.717, 1.165) is 27.5 Å². The lowest BCUT2D eigenvalue weighted by molar-refractivity contribution is 0.476. The molecule has 0 amide bonds. The first-order valence-corrected chi connectivity index (χ1v) is 7.01. The third kappa shape index (κ3) is 1.68. The Kier molecular flexibility index (Phi) is 2.64. The Morgan fingerprint density at radius 1 is 0.818 bits per heavy atom. The van der Waals surface area contributed by atoms with Gasteiger partial charge >= 0.3 is 0 Å². The molecule has 104 valence electrons. The molecular formula is C19H12N2O. The van der Waals surface area contributed by atoms with Gasteiger partial charge in [0.25, 0.3) is 0 Å². The molecule has 22 heavy (non-hydrogen) atoms. The molecule has 0 aliphatic heterocycles. The van der Waals surface area contributed by atoms with Gasteiger partial charge in [0.05, 0.1) is 22.3 Å². The summed E-state index contributed by atoms with van der Waals surface area (Å²) in [5, 5.41) is 21.2. The number of para-hydroxylation sites is 2. The van der Waals surface area contributed by atoms with E-state index in [-0.39, 0.29) is 5.75 Å². The molecule has 0 atom stereocenters. The van der Waals surface area contributed by atoms with E-state index in [1.54, 1.807) is 12.1 Å². The van der Waals surface area contributed by atoms with Crippen molar-refractivity contribution in [3.63, 3.8) is 0 Å². The number of aromatic nitrogens is 1. The van der Waals surface area contributed by atoms with E-state index in [0.29, 0.717) is 5.56 Å². The van der Waals surface area contributed by atoms with E-state index >= 15 is 0 Å². The highest BCUT2D eigenvalue weighted by Crippen LogP contribution is 2.34. The van der Waals surface area contributed by atoms with Crippen molar-refractivity contribution in [2.75, 3.05) is 0 Å². The van der Waals surface area contributed by atoms with Gasteiger partial charge in [0.15, 0.2) is 0 Å². The van der Waals surface area contributed by atoms with Gasteiger partial charge in [0.2, 0.25) is 0 Å². The average Bonchev–Trinajstić information content (AvgIpc) is 2.88. The summed E-state index contributed by atoms with van der Waals surface area (Å²) in [4.78, 5) is 0. The zero-order valence-electron chi connectivity index (χ0n) is 11.7. The number of aromatic hydroxyl groups is 1. The molecule has 3 nitrogen and oxygen atoms in total. The molecule has 0 fully saturated rings. The summed E-state index contributed by atoms with van der Waals surface area (Å²) in [6, 6.07) is 23.1. The molecule has 0 saturated heterocycles. The van der Waals surface area contributed by atoms with Crippen LogP contribution in [0.25, 0.3) is 27.5 Å². The Balaban J connectivity index is 2.23. The van der Waals surface area contributed by atoms with Crippen LogP contribution in [0.4, 0.5) is 0 Å². The van der Waals surface area contributed by atoms with Crippen LogP contribution < -0.4 is 0 Å². The summed E-state index contributed by atoms with van der Waals surface area (Å²) in [6.45, 7) is 0. The Labute approximate surface area is 127 Å². The quantitative estimate of drug-likeness (QED) is 0.564. The molecule has 3 heteroatoms. The first kappa shape index (κ1) is 12.5. The molecule has 0 radical (unpaired) electrons. The minimum absolute atomic E-state index is 0.240. The lowest BCUT2D eigenvalue weighted by Crippen LogP contribution is -1.96. The second-order valence-corrected chi connectivity index (χ2v) is 5.18. The zero-order chi connectivity index (χ0) is 15.1. The number of rotatable bonds is 1. The van der Waals surface area contributed by atoms with Gasteiger partial charge in [0, 0.05) is 10.8 Å². The molecule has 1 aromatic heterocycles. The van der Waals surface area contributed by atoms with Gasteiger partial charge in [-0.3, -0.25) is 0 Å². The van der Waals surface area contributed by atoms with Gasteiger partial charge in [-0.15, -0.1) is 0 Å². The highest BCUT2D eigenvalue weighted by Gasteiger charge is 2.14. The summed E-state index contributed by atoms with van der Waals surface area (Å²) in [5.74, 6) is 0.240. The maximum atomic E-state index is 9.81. The summed E-state index contributed by atoms with van der Waals surface area (Å²) in [5.41, 5.74) is 3.47. The van der Waals surface area contributed by atoms with Crippen LogP contribution in [-0.2, 0) is 0 Å². The number of benzene rings is 3. The fourth-order valence-corrected chi connectivity index (χ4v) is 2.98. The first-order chi connectivity index (χ1) is 10.8. The van der Waals surface area contributed by atoms with Gasteiger partial charge < -0.3 is 9.67 Å². The van der Waals surface area contributed by atoms with Gasteiger partial charge in [0.1, 0.15) is 11.8 Å². The number of hydrogen-bond acceptors (Lipinski definition) is 2. The minimum Gasteiger partial charge on any atom is -0.508 e. The Bertz CT molecular complexity index is 1050. The molecule has 1 N–H and O–H groups in total. The Hall–Kier alpha value is -3.25. The van der Waals surface area contributed by atoms with Crippen molar-refractivity contribution in [1.29, 1.82) is 5.26 Å². The number of fused-ring (bicyclic) bond motifs is 3. The Morgan fingerprint density at radius 2 is 1.55 bits per heavy atom. The van der Waals surface area contributed by atoms with E-state index < -0.39 is 0 Å². The van der Waals surface area contributed by atoms with Crippen LogP contribution in [0.2, 0.25) is 0 Å². The normalized spacial score (nSPS) is 10.9. The van der Waals surface area contributed by atoms with Gasteiger partial charge in [-0.1, -0.05) is 30.3 Å². The van der Waals surface area contributed by atoms with Crippen LogP contribution in [-0.4, -0.2) is 9.67 Å². The van der Waals surface area contributed by atoms with E-state index in [1.165, 1.54) is 0 Å². The molecule has 0 bridgehead atoms. The highest BCUT2D eigenvalue weighted by atomic mass is 16.3. The summed E-state index contributed by atoms with van der Waals surface area (Å²) >= 11 is 0. The SMILES string of the molecule is N#Cc1ccccc1-n1c2ccccc2c2cc(O)ccc21. The number of nitrogens with zero attached hydrogens (tertiary/aromatic N) is 2. The average molecular weight is 284 g/mol. The summed E-state index contributed by atoms with van der Waals surface area (Å²) < 4.78 is 2.07. The molecule has 4 aromatic rings. The fourth-order valence-electron chi connectivity index (χ4n) is 2.98. The van der Waals surface area contributed by atoms with Crippen LogP contribution in [0.15, 0.2) is 66.7 Å². The largest absolute Gasteiger partial charge is 0.508 e. The molecule has 1 heterocycles. The molecule has 0 aliphatic rings. The smallest absolute Gasteiger partial charge is 0.116 e. The topological polar surface area (TPSA) is 49.0 Å². The van der Waals surface area contributed by atoms with E-state index in [2.05, 4.69) is 10.6 Å². The molecule has 0 unspecified atom stereocenters. The highest BCUT2D eigenvalue weighted by molar-refractivity contribution is 6.09. The minimum atomic E-state index is 0.240. The summed E-state index contributed by atoms with van der Waals surface area (Å²) in [6.07, 6.45) is 0. The number of phenolic OH excluding ortho intramolecular Hbond substituents is 1. The lowest BCUT2D eigenvalue weighted by atomic mass is 10.1. The maximum absolute atomic E-state index is 9.81. The predicted molar refractivity (Wildman–Crippen MR) is 87.2 cm³/mol.